The van der Waals surface area contributed by atoms with Crippen molar-refractivity contribution < 1.29 is 9.84 Å². The van der Waals surface area contributed by atoms with Crippen LogP contribution in [0.4, 0.5) is 0 Å². The van der Waals surface area contributed by atoms with Crippen molar-refractivity contribution in [2.24, 2.45) is 7.05 Å². The molecular weight excluding hydrogens is 206 g/mol. The standard InChI is InChI=1S/C11H19N3O2/c1-3-14-6-7-16-10(8-14)11(15)9-4-5-12-13(9)2/h4-5,10-11,15H,3,6-8H2,1-2H3. The summed E-state index contributed by atoms with van der Waals surface area (Å²) in [6, 6.07) is 1.83. The second-order valence-electron chi connectivity index (χ2n) is 4.13. The molecule has 1 aliphatic heterocycles. The number of morpholine rings is 1. The molecule has 0 saturated carbocycles. The molecule has 2 atom stereocenters. The van der Waals surface area contributed by atoms with Crippen LogP contribution >= 0.6 is 0 Å². The lowest BCUT2D eigenvalue weighted by molar-refractivity contribution is -0.0910. The van der Waals surface area contributed by atoms with E-state index in [0.29, 0.717) is 6.61 Å². The van der Waals surface area contributed by atoms with Gasteiger partial charge in [0.05, 0.1) is 12.3 Å². The highest BCUT2D eigenvalue weighted by atomic mass is 16.5. The van der Waals surface area contributed by atoms with E-state index in [9.17, 15) is 5.11 Å². The highest BCUT2D eigenvalue weighted by Crippen LogP contribution is 2.21. The van der Waals surface area contributed by atoms with Crippen molar-refractivity contribution in [3.63, 3.8) is 0 Å². The summed E-state index contributed by atoms with van der Waals surface area (Å²) in [4.78, 5) is 2.29. The van der Waals surface area contributed by atoms with Gasteiger partial charge in [-0.25, -0.2) is 0 Å². The zero-order valence-electron chi connectivity index (χ0n) is 9.83. The van der Waals surface area contributed by atoms with E-state index in [-0.39, 0.29) is 6.10 Å². The van der Waals surface area contributed by atoms with Gasteiger partial charge in [0.1, 0.15) is 12.2 Å². The van der Waals surface area contributed by atoms with Gasteiger partial charge >= 0.3 is 0 Å². The van der Waals surface area contributed by atoms with Gasteiger partial charge in [0.25, 0.3) is 0 Å². The number of ether oxygens (including phenoxy) is 1. The van der Waals surface area contributed by atoms with Gasteiger partial charge in [0.2, 0.25) is 0 Å². The number of aromatic nitrogens is 2. The van der Waals surface area contributed by atoms with E-state index in [1.54, 1.807) is 10.9 Å². The topological polar surface area (TPSA) is 50.5 Å². The first-order chi connectivity index (χ1) is 7.72. The molecule has 1 fully saturated rings. The molecule has 0 bridgehead atoms. The molecule has 5 heteroatoms. The minimum atomic E-state index is -0.596. The molecule has 0 amide bonds. The van der Waals surface area contributed by atoms with Crippen molar-refractivity contribution in [3.05, 3.63) is 18.0 Å². The van der Waals surface area contributed by atoms with Crippen molar-refractivity contribution in [2.75, 3.05) is 26.2 Å². The SMILES string of the molecule is CCN1CCOC(C(O)c2ccnn2C)C1. The average molecular weight is 225 g/mol. The molecule has 0 radical (unpaired) electrons. The number of aliphatic hydroxyl groups is 1. The van der Waals surface area contributed by atoms with Crippen LogP contribution in [0.5, 0.6) is 0 Å². The molecule has 0 aromatic carbocycles. The Bertz CT molecular complexity index is 340. The third kappa shape index (κ3) is 2.26. The molecule has 1 N–H and O–H groups in total. The summed E-state index contributed by atoms with van der Waals surface area (Å²) < 4.78 is 7.31. The fourth-order valence-corrected chi connectivity index (χ4v) is 2.07. The van der Waals surface area contributed by atoms with Crippen LogP contribution in [0.2, 0.25) is 0 Å². The summed E-state index contributed by atoms with van der Waals surface area (Å²) in [5.41, 5.74) is 0.808. The van der Waals surface area contributed by atoms with Gasteiger partial charge in [-0.2, -0.15) is 5.10 Å². The largest absolute Gasteiger partial charge is 0.384 e. The molecule has 0 spiro atoms. The van der Waals surface area contributed by atoms with E-state index in [4.69, 9.17) is 4.74 Å². The van der Waals surface area contributed by atoms with Gasteiger partial charge in [-0.3, -0.25) is 9.58 Å². The molecule has 1 aromatic heterocycles. The van der Waals surface area contributed by atoms with Gasteiger partial charge in [-0.1, -0.05) is 6.92 Å². The minimum absolute atomic E-state index is 0.149. The Labute approximate surface area is 95.6 Å². The van der Waals surface area contributed by atoms with E-state index >= 15 is 0 Å². The molecule has 5 nitrogen and oxygen atoms in total. The number of likely N-dealkylation sites (N-methyl/N-ethyl adjacent to an activating group) is 1. The first-order valence-corrected chi connectivity index (χ1v) is 5.72. The maximum atomic E-state index is 10.2. The van der Waals surface area contributed by atoms with E-state index in [2.05, 4.69) is 16.9 Å². The van der Waals surface area contributed by atoms with Crippen LogP contribution in [0.15, 0.2) is 12.3 Å². The first kappa shape index (κ1) is 11.6. The highest BCUT2D eigenvalue weighted by molar-refractivity contribution is 5.06. The molecular formula is C11H19N3O2. The van der Waals surface area contributed by atoms with Gasteiger partial charge in [0, 0.05) is 26.3 Å². The normalized spacial score (nSPS) is 24.6. The summed E-state index contributed by atoms with van der Waals surface area (Å²) in [6.07, 6.45) is 0.949. The molecule has 2 unspecified atom stereocenters. The lowest BCUT2D eigenvalue weighted by Gasteiger charge is -2.34. The molecule has 1 aromatic rings. The second kappa shape index (κ2) is 4.95. The van der Waals surface area contributed by atoms with Gasteiger partial charge in [-0.05, 0) is 12.6 Å². The number of hydrogen-bond acceptors (Lipinski definition) is 4. The molecule has 0 aliphatic carbocycles. The van der Waals surface area contributed by atoms with Crippen molar-refractivity contribution in [1.29, 1.82) is 0 Å². The number of hydrogen-bond donors (Lipinski definition) is 1. The lowest BCUT2D eigenvalue weighted by atomic mass is 10.1. The molecule has 90 valence electrons. The van der Waals surface area contributed by atoms with E-state index in [1.165, 1.54) is 0 Å². The van der Waals surface area contributed by atoms with Crippen LogP contribution in [0.1, 0.15) is 18.7 Å². The van der Waals surface area contributed by atoms with Crippen LogP contribution in [-0.2, 0) is 11.8 Å². The number of aliphatic hydroxyl groups excluding tert-OH is 1. The first-order valence-electron chi connectivity index (χ1n) is 5.72. The third-order valence-electron chi connectivity index (χ3n) is 3.14. The van der Waals surface area contributed by atoms with Gasteiger partial charge in [-0.15, -0.1) is 0 Å². The monoisotopic (exact) mass is 225 g/mol. The average Bonchev–Trinajstić information content (AvgIpc) is 2.74. The van der Waals surface area contributed by atoms with Crippen molar-refractivity contribution in [3.8, 4) is 0 Å². The fourth-order valence-electron chi connectivity index (χ4n) is 2.07. The number of aryl methyl sites for hydroxylation is 1. The Morgan fingerprint density at radius 1 is 1.69 bits per heavy atom. The fraction of sp³-hybridized carbons (Fsp3) is 0.727. The smallest absolute Gasteiger partial charge is 0.123 e. The summed E-state index contributed by atoms with van der Waals surface area (Å²) in [7, 11) is 1.83. The van der Waals surface area contributed by atoms with Gasteiger partial charge in [0.15, 0.2) is 0 Å². The van der Waals surface area contributed by atoms with Crippen LogP contribution in [0.25, 0.3) is 0 Å². The predicted molar refractivity (Wildman–Crippen MR) is 60.0 cm³/mol. The Balaban J connectivity index is 2.04. The Hall–Kier alpha value is -0.910. The third-order valence-corrected chi connectivity index (χ3v) is 3.14. The molecule has 2 rings (SSSR count). The molecule has 1 saturated heterocycles. The minimum Gasteiger partial charge on any atom is -0.384 e. The van der Waals surface area contributed by atoms with Crippen molar-refractivity contribution >= 4 is 0 Å². The van der Waals surface area contributed by atoms with E-state index in [1.807, 2.05) is 13.1 Å². The van der Waals surface area contributed by atoms with E-state index in [0.717, 1.165) is 25.3 Å². The maximum absolute atomic E-state index is 10.2. The molecule has 2 heterocycles. The van der Waals surface area contributed by atoms with Crippen molar-refractivity contribution in [1.82, 2.24) is 14.7 Å². The Morgan fingerprint density at radius 2 is 2.50 bits per heavy atom. The van der Waals surface area contributed by atoms with Crippen LogP contribution in [0, 0.1) is 0 Å². The highest BCUT2D eigenvalue weighted by Gasteiger charge is 2.28. The summed E-state index contributed by atoms with van der Waals surface area (Å²) in [5, 5.41) is 14.3. The second-order valence-corrected chi connectivity index (χ2v) is 4.13. The summed E-state index contributed by atoms with van der Waals surface area (Å²) in [5.74, 6) is 0. The van der Waals surface area contributed by atoms with E-state index < -0.39 is 6.10 Å². The summed E-state index contributed by atoms with van der Waals surface area (Å²) in [6.45, 7) is 5.54. The van der Waals surface area contributed by atoms with Crippen molar-refractivity contribution in [2.45, 2.75) is 19.1 Å². The lowest BCUT2D eigenvalue weighted by Crippen LogP contribution is -2.45. The zero-order chi connectivity index (χ0) is 11.5. The Morgan fingerprint density at radius 3 is 3.12 bits per heavy atom. The quantitative estimate of drug-likeness (QED) is 0.797. The number of nitrogens with zero attached hydrogens (tertiary/aromatic N) is 3. The summed E-state index contributed by atoms with van der Waals surface area (Å²) >= 11 is 0. The van der Waals surface area contributed by atoms with Crippen LogP contribution in [0.3, 0.4) is 0 Å². The van der Waals surface area contributed by atoms with Gasteiger partial charge < -0.3 is 9.84 Å². The zero-order valence-corrected chi connectivity index (χ0v) is 9.83. The van der Waals surface area contributed by atoms with Crippen LogP contribution < -0.4 is 0 Å². The molecule has 16 heavy (non-hydrogen) atoms. The molecule has 1 aliphatic rings. The Kier molecular flexibility index (Phi) is 3.58. The number of rotatable bonds is 3. The maximum Gasteiger partial charge on any atom is 0.123 e. The van der Waals surface area contributed by atoms with Crippen LogP contribution in [-0.4, -0.2) is 52.1 Å². The predicted octanol–water partition coefficient (Wildman–Crippen LogP) is 0.174.